The molecule has 1 atom stereocenters. The molecule has 2 rings (SSSR count). The molecule has 0 spiro atoms. The van der Waals surface area contributed by atoms with Gasteiger partial charge < -0.3 is 5.32 Å². The Balaban J connectivity index is 1.84. The Morgan fingerprint density at radius 1 is 1.17 bits per heavy atom. The van der Waals surface area contributed by atoms with E-state index in [1.807, 2.05) is 12.4 Å². The van der Waals surface area contributed by atoms with E-state index in [0.717, 1.165) is 18.7 Å². The van der Waals surface area contributed by atoms with Gasteiger partial charge in [-0.25, -0.2) is 0 Å². The SMILES string of the molecule is Cc1cnccc1CCNC(C)c1cnccn1. The smallest absolute Gasteiger partial charge is 0.0753 e. The van der Waals surface area contributed by atoms with E-state index in [0.29, 0.717) is 0 Å². The molecule has 0 amide bonds. The van der Waals surface area contributed by atoms with Crippen molar-refractivity contribution in [2.24, 2.45) is 0 Å². The van der Waals surface area contributed by atoms with Gasteiger partial charge in [0.1, 0.15) is 0 Å². The first kappa shape index (κ1) is 12.6. The molecule has 0 aliphatic heterocycles. The average Bonchev–Trinajstić information content (AvgIpc) is 2.42. The van der Waals surface area contributed by atoms with Crippen LogP contribution in [0.15, 0.2) is 37.1 Å². The number of rotatable bonds is 5. The third-order valence-electron chi connectivity index (χ3n) is 3.01. The van der Waals surface area contributed by atoms with Crippen LogP contribution in [0.3, 0.4) is 0 Å². The first-order chi connectivity index (χ1) is 8.77. The zero-order valence-electron chi connectivity index (χ0n) is 10.8. The van der Waals surface area contributed by atoms with Gasteiger partial charge in [0.15, 0.2) is 0 Å². The molecular formula is C14H18N4. The second kappa shape index (κ2) is 6.21. The highest BCUT2D eigenvalue weighted by Gasteiger charge is 2.05. The predicted molar refractivity (Wildman–Crippen MR) is 71.1 cm³/mol. The van der Waals surface area contributed by atoms with Crippen molar-refractivity contribution >= 4 is 0 Å². The van der Waals surface area contributed by atoms with Crippen LogP contribution in [0, 0.1) is 6.92 Å². The molecular weight excluding hydrogens is 224 g/mol. The fourth-order valence-corrected chi connectivity index (χ4v) is 1.84. The largest absolute Gasteiger partial charge is 0.308 e. The fraction of sp³-hybridized carbons (Fsp3) is 0.357. The van der Waals surface area contributed by atoms with Crippen molar-refractivity contribution in [2.45, 2.75) is 26.3 Å². The summed E-state index contributed by atoms with van der Waals surface area (Å²) in [6.45, 7) is 5.11. The molecule has 0 fully saturated rings. The van der Waals surface area contributed by atoms with Crippen LogP contribution < -0.4 is 5.32 Å². The maximum atomic E-state index is 4.29. The zero-order valence-corrected chi connectivity index (χ0v) is 10.8. The Bertz CT molecular complexity index is 484. The minimum Gasteiger partial charge on any atom is -0.308 e. The maximum absolute atomic E-state index is 4.29. The van der Waals surface area contributed by atoms with Gasteiger partial charge in [0.25, 0.3) is 0 Å². The normalized spacial score (nSPS) is 12.3. The van der Waals surface area contributed by atoms with Crippen molar-refractivity contribution < 1.29 is 0 Å². The van der Waals surface area contributed by atoms with E-state index < -0.39 is 0 Å². The Hall–Kier alpha value is -1.81. The topological polar surface area (TPSA) is 50.7 Å². The lowest BCUT2D eigenvalue weighted by Crippen LogP contribution is -2.22. The highest BCUT2D eigenvalue weighted by atomic mass is 14.9. The fourth-order valence-electron chi connectivity index (χ4n) is 1.84. The monoisotopic (exact) mass is 242 g/mol. The molecule has 0 aromatic carbocycles. The van der Waals surface area contributed by atoms with Gasteiger partial charge in [0, 0.05) is 37.0 Å². The standard InChI is InChI=1S/C14H18N4/c1-11-9-15-5-3-13(11)4-6-17-12(2)14-10-16-7-8-18-14/h3,5,7-10,12,17H,4,6H2,1-2H3. The van der Waals surface area contributed by atoms with Gasteiger partial charge in [-0.3, -0.25) is 15.0 Å². The molecule has 0 aliphatic rings. The first-order valence-corrected chi connectivity index (χ1v) is 6.16. The van der Waals surface area contributed by atoms with Crippen molar-refractivity contribution in [2.75, 3.05) is 6.54 Å². The van der Waals surface area contributed by atoms with Gasteiger partial charge in [-0.05, 0) is 44.0 Å². The summed E-state index contributed by atoms with van der Waals surface area (Å²) in [5.74, 6) is 0. The highest BCUT2D eigenvalue weighted by Crippen LogP contribution is 2.08. The molecule has 0 aliphatic carbocycles. The summed E-state index contributed by atoms with van der Waals surface area (Å²) >= 11 is 0. The highest BCUT2D eigenvalue weighted by molar-refractivity contribution is 5.21. The third-order valence-corrected chi connectivity index (χ3v) is 3.01. The predicted octanol–water partition coefficient (Wildman–Crippen LogP) is 2.07. The zero-order chi connectivity index (χ0) is 12.8. The van der Waals surface area contributed by atoms with E-state index in [4.69, 9.17) is 0 Å². The minimum absolute atomic E-state index is 0.223. The maximum Gasteiger partial charge on any atom is 0.0753 e. The number of hydrogen-bond acceptors (Lipinski definition) is 4. The lowest BCUT2D eigenvalue weighted by Gasteiger charge is -2.13. The van der Waals surface area contributed by atoms with E-state index in [2.05, 4.69) is 40.2 Å². The lowest BCUT2D eigenvalue weighted by atomic mass is 10.1. The van der Waals surface area contributed by atoms with Crippen molar-refractivity contribution in [1.29, 1.82) is 0 Å². The Morgan fingerprint density at radius 2 is 2.00 bits per heavy atom. The molecule has 4 nitrogen and oxygen atoms in total. The van der Waals surface area contributed by atoms with Crippen molar-refractivity contribution in [1.82, 2.24) is 20.3 Å². The second-order valence-electron chi connectivity index (χ2n) is 4.36. The van der Waals surface area contributed by atoms with Crippen LogP contribution in [0.5, 0.6) is 0 Å². The minimum atomic E-state index is 0.223. The van der Waals surface area contributed by atoms with E-state index >= 15 is 0 Å². The summed E-state index contributed by atoms with van der Waals surface area (Å²) in [6.07, 6.45) is 9.96. The van der Waals surface area contributed by atoms with Crippen LogP contribution in [-0.2, 0) is 6.42 Å². The van der Waals surface area contributed by atoms with Crippen molar-refractivity contribution in [3.05, 3.63) is 53.9 Å². The van der Waals surface area contributed by atoms with Crippen molar-refractivity contribution in [3.63, 3.8) is 0 Å². The third kappa shape index (κ3) is 3.34. The number of aryl methyl sites for hydroxylation is 1. The molecule has 18 heavy (non-hydrogen) atoms. The molecule has 2 aromatic rings. The molecule has 0 radical (unpaired) electrons. The first-order valence-electron chi connectivity index (χ1n) is 6.16. The average molecular weight is 242 g/mol. The Labute approximate surface area is 108 Å². The molecule has 94 valence electrons. The molecule has 0 bridgehead atoms. The van der Waals surface area contributed by atoms with E-state index in [9.17, 15) is 0 Å². The van der Waals surface area contributed by atoms with Crippen LogP contribution >= 0.6 is 0 Å². The van der Waals surface area contributed by atoms with Gasteiger partial charge in [-0.2, -0.15) is 0 Å². The summed E-state index contributed by atoms with van der Waals surface area (Å²) in [4.78, 5) is 12.5. The summed E-state index contributed by atoms with van der Waals surface area (Å²) in [6, 6.07) is 2.30. The molecule has 4 heteroatoms. The summed E-state index contributed by atoms with van der Waals surface area (Å²) in [5.41, 5.74) is 3.55. The van der Waals surface area contributed by atoms with Gasteiger partial charge in [-0.1, -0.05) is 0 Å². The van der Waals surface area contributed by atoms with Gasteiger partial charge >= 0.3 is 0 Å². The molecule has 1 N–H and O–H groups in total. The van der Waals surface area contributed by atoms with Crippen LogP contribution in [0.2, 0.25) is 0 Å². The number of nitrogens with one attached hydrogen (secondary N) is 1. The Morgan fingerprint density at radius 3 is 2.72 bits per heavy atom. The molecule has 2 heterocycles. The van der Waals surface area contributed by atoms with Gasteiger partial charge in [0.2, 0.25) is 0 Å². The molecule has 0 saturated heterocycles. The van der Waals surface area contributed by atoms with Crippen LogP contribution in [0.25, 0.3) is 0 Å². The van der Waals surface area contributed by atoms with Crippen LogP contribution in [0.4, 0.5) is 0 Å². The molecule has 1 unspecified atom stereocenters. The van der Waals surface area contributed by atoms with E-state index in [1.54, 1.807) is 18.6 Å². The van der Waals surface area contributed by atoms with E-state index in [-0.39, 0.29) is 6.04 Å². The number of aromatic nitrogens is 3. The molecule has 2 aromatic heterocycles. The van der Waals surface area contributed by atoms with Crippen LogP contribution in [0.1, 0.15) is 29.8 Å². The van der Waals surface area contributed by atoms with Gasteiger partial charge in [-0.15, -0.1) is 0 Å². The van der Waals surface area contributed by atoms with Crippen molar-refractivity contribution in [3.8, 4) is 0 Å². The number of hydrogen-bond donors (Lipinski definition) is 1. The number of pyridine rings is 1. The van der Waals surface area contributed by atoms with Crippen LogP contribution in [-0.4, -0.2) is 21.5 Å². The lowest BCUT2D eigenvalue weighted by molar-refractivity contribution is 0.561. The summed E-state index contributed by atoms with van der Waals surface area (Å²) < 4.78 is 0. The second-order valence-corrected chi connectivity index (χ2v) is 4.36. The Kier molecular flexibility index (Phi) is 4.36. The molecule has 0 saturated carbocycles. The number of nitrogens with zero attached hydrogens (tertiary/aromatic N) is 3. The summed E-state index contributed by atoms with van der Waals surface area (Å²) in [5, 5.41) is 3.45. The summed E-state index contributed by atoms with van der Waals surface area (Å²) in [7, 11) is 0. The van der Waals surface area contributed by atoms with Gasteiger partial charge in [0.05, 0.1) is 5.69 Å². The quantitative estimate of drug-likeness (QED) is 0.872. The van der Waals surface area contributed by atoms with E-state index in [1.165, 1.54) is 11.1 Å².